The zero-order valence-corrected chi connectivity index (χ0v) is 11.1. The zero-order valence-electron chi connectivity index (χ0n) is 11.1. The molecule has 1 aromatic rings. The van der Waals surface area contributed by atoms with E-state index in [-0.39, 0.29) is 0 Å². The van der Waals surface area contributed by atoms with Gasteiger partial charge >= 0.3 is 18.0 Å². The number of aliphatic carboxylic acids is 2. The van der Waals surface area contributed by atoms with Crippen molar-refractivity contribution in [3.05, 3.63) is 11.9 Å². The molecule has 1 heterocycles. The third kappa shape index (κ3) is 4.26. The van der Waals surface area contributed by atoms with Crippen LogP contribution in [0.4, 0.5) is 10.5 Å². The van der Waals surface area contributed by atoms with E-state index in [0.717, 1.165) is 0 Å². The standard InChI is InChI=1S/C11H16N4O5/c1-3-6-8(5-15(2)14-6)13-11(20)12-7(10(18)19)4-9(16)17/h5,7H,3-4H2,1-2H3,(H,16,17)(H,18,19)(H2,12,13,20). The molecule has 0 radical (unpaired) electrons. The van der Waals surface area contributed by atoms with Gasteiger partial charge in [0.1, 0.15) is 6.04 Å². The summed E-state index contributed by atoms with van der Waals surface area (Å²) >= 11 is 0. The van der Waals surface area contributed by atoms with Gasteiger partial charge in [0.15, 0.2) is 0 Å². The summed E-state index contributed by atoms with van der Waals surface area (Å²) < 4.78 is 1.51. The number of aryl methyl sites for hydroxylation is 2. The minimum absolute atomic E-state index is 0.451. The molecular formula is C11H16N4O5. The number of urea groups is 1. The number of carbonyl (C=O) groups is 3. The van der Waals surface area contributed by atoms with E-state index in [1.54, 1.807) is 13.2 Å². The van der Waals surface area contributed by atoms with E-state index in [2.05, 4.69) is 15.7 Å². The SMILES string of the molecule is CCc1nn(C)cc1NC(=O)NC(CC(=O)O)C(=O)O. The van der Waals surface area contributed by atoms with E-state index >= 15 is 0 Å². The van der Waals surface area contributed by atoms with Gasteiger partial charge in [-0.3, -0.25) is 9.48 Å². The van der Waals surface area contributed by atoms with Crippen molar-refractivity contribution in [2.24, 2.45) is 7.05 Å². The summed E-state index contributed by atoms with van der Waals surface area (Å²) in [6, 6.07) is -2.28. The minimum Gasteiger partial charge on any atom is -0.481 e. The number of amides is 2. The maximum absolute atomic E-state index is 11.7. The first kappa shape index (κ1) is 15.5. The van der Waals surface area contributed by atoms with Gasteiger partial charge in [0.25, 0.3) is 0 Å². The van der Waals surface area contributed by atoms with Gasteiger partial charge in [-0.2, -0.15) is 5.10 Å². The Hall–Kier alpha value is -2.58. The molecule has 1 rings (SSSR count). The number of aromatic nitrogens is 2. The highest BCUT2D eigenvalue weighted by molar-refractivity contribution is 5.93. The maximum atomic E-state index is 11.7. The van der Waals surface area contributed by atoms with E-state index in [0.29, 0.717) is 17.8 Å². The first-order chi connectivity index (χ1) is 9.33. The number of anilines is 1. The number of carbonyl (C=O) groups excluding carboxylic acids is 1. The van der Waals surface area contributed by atoms with Crippen LogP contribution in [0.15, 0.2) is 6.20 Å². The summed E-state index contributed by atoms with van der Waals surface area (Å²) in [6.45, 7) is 1.86. The summed E-state index contributed by atoms with van der Waals surface area (Å²) in [7, 11) is 1.69. The molecule has 0 aromatic carbocycles. The molecule has 4 N–H and O–H groups in total. The molecule has 20 heavy (non-hydrogen) atoms. The average Bonchev–Trinajstić information content (AvgIpc) is 2.67. The molecule has 0 fully saturated rings. The van der Waals surface area contributed by atoms with Crippen molar-refractivity contribution in [2.45, 2.75) is 25.8 Å². The number of nitrogens with one attached hydrogen (secondary N) is 2. The third-order valence-corrected chi connectivity index (χ3v) is 2.47. The monoisotopic (exact) mass is 284 g/mol. The van der Waals surface area contributed by atoms with Crippen molar-refractivity contribution in [3.63, 3.8) is 0 Å². The predicted molar refractivity (Wildman–Crippen MR) is 68.4 cm³/mol. The number of carboxylic acids is 2. The number of hydrogen-bond donors (Lipinski definition) is 4. The molecule has 0 saturated carbocycles. The van der Waals surface area contributed by atoms with Gasteiger partial charge in [0, 0.05) is 13.2 Å². The van der Waals surface area contributed by atoms with Crippen LogP contribution in [-0.4, -0.2) is 44.0 Å². The van der Waals surface area contributed by atoms with Gasteiger partial charge in [-0.05, 0) is 6.42 Å². The number of nitrogens with zero attached hydrogens (tertiary/aromatic N) is 2. The van der Waals surface area contributed by atoms with E-state index < -0.39 is 30.4 Å². The van der Waals surface area contributed by atoms with E-state index in [4.69, 9.17) is 10.2 Å². The van der Waals surface area contributed by atoms with E-state index in [9.17, 15) is 14.4 Å². The van der Waals surface area contributed by atoms with Gasteiger partial charge in [-0.1, -0.05) is 6.92 Å². The molecule has 1 atom stereocenters. The van der Waals surface area contributed by atoms with Crippen LogP contribution in [-0.2, 0) is 23.1 Å². The summed E-state index contributed by atoms with van der Waals surface area (Å²) in [5.74, 6) is -2.72. The summed E-state index contributed by atoms with van der Waals surface area (Å²) in [6.07, 6.45) is 1.47. The van der Waals surface area contributed by atoms with Crippen LogP contribution >= 0.6 is 0 Å². The van der Waals surface area contributed by atoms with Crippen LogP contribution in [0.5, 0.6) is 0 Å². The lowest BCUT2D eigenvalue weighted by molar-refractivity contribution is -0.145. The molecule has 0 saturated heterocycles. The molecule has 0 aliphatic heterocycles. The second-order valence-electron chi connectivity index (χ2n) is 4.10. The van der Waals surface area contributed by atoms with Crippen LogP contribution in [0.2, 0.25) is 0 Å². The Bertz CT molecular complexity index is 525. The van der Waals surface area contributed by atoms with Crippen molar-refractivity contribution >= 4 is 23.7 Å². The fourth-order valence-electron chi connectivity index (χ4n) is 1.59. The minimum atomic E-state index is -1.49. The van der Waals surface area contributed by atoms with Crippen molar-refractivity contribution < 1.29 is 24.6 Å². The van der Waals surface area contributed by atoms with Crippen molar-refractivity contribution in [1.82, 2.24) is 15.1 Å². The normalized spacial score (nSPS) is 11.7. The highest BCUT2D eigenvalue weighted by atomic mass is 16.4. The number of hydrogen-bond acceptors (Lipinski definition) is 4. The zero-order chi connectivity index (χ0) is 15.3. The quantitative estimate of drug-likeness (QED) is 0.582. The maximum Gasteiger partial charge on any atom is 0.326 e. The van der Waals surface area contributed by atoms with Crippen molar-refractivity contribution in [2.75, 3.05) is 5.32 Å². The smallest absolute Gasteiger partial charge is 0.326 e. The van der Waals surface area contributed by atoms with E-state index in [1.165, 1.54) is 4.68 Å². The highest BCUT2D eigenvalue weighted by Crippen LogP contribution is 2.13. The number of carboxylic acid groups (broad SMARTS) is 2. The fraction of sp³-hybridized carbons (Fsp3) is 0.455. The molecule has 0 aliphatic rings. The predicted octanol–water partition coefficient (Wildman–Crippen LogP) is 0.0319. The second kappa shape index (κ2) is 6.55. The van der Waals surface area contributed by atoms with Gasteiger partial charge in [0.2, 0.25) is 0 Å². The lowest BCUT2D eigenvalue weighted by Crippen LogP contribution is -2.44. The largest absolute Gasteiger partial charge is 0.481 e. The lowest BCUT2D eigenvalue weighted by Gasteiger charge is -2.13. The van der Waals surface area contributed by atoms with Crippen LogP contribution in [0, 0.1) is 0 Å². The van der Waals surface area contributed by atoms with Gasteiger partial charge in [-0.15, -0.1) is 0 Å². The molecule has 0 spiro atoms. The van der Waals surface area contributed by atoms with Crippen LogP contribution < -0.4 is 10.6 Å². The first-order valence-corrected chi connectivity index (χ1v) is 5.88. The molecule has 2 amide bonds. The molecule has 1 aromatic heterocycles. The van der Waals surface area contributed by atoms with Crippen molar-refractivity contribution in [1.29, 1.82) is 0 Å². The molecular weight excluding hydrogens is 268 g/mol. The Kier molecular flexibility index (Phi) is 5.07. The molecule has 0 aliphatic carbocycles. The molecule has 9 heteroatoms. The molecule has 110 valence electrons. The molecule has 9 nitrogen and oxygen atoms in total. The van der Waals surface area contributed by atoms with Gasteiger partial charge in [-0.25, -0.2) is 9.59 Å². The second-order valence-corrected chi connectivity index (χ2v) is 4.10. The summed E-state index contributed by atoms with van der Waals surface area (Å²) in [5.41, 5.74) is 1.10. The van der Waals surface area contributed by atoms with Crippen LogP contribution in [0.1, 0.15) is 19.0 Å². The highest BCUT2D eigenvalue weighted by Gasteiger charge is 2.23. The van der Waals surface area contributed by atoms with Gasteiger partial charge in [0.05, 0.1) is 17.8 Å². The lowest BCUT2D eigenvalue weighted by atomic mass is 10.2. The number of rotatable bonds is 6. The van der Waals surface area contributed by atoms with Crippen LogP contribution in [0.25, 0.3) is 0 Å². The van der Waals surface area contributed by atoms with E-state index in [1.807, 2.05) is 6.92 Å². The Morgan fingerprint density at radius 1 is 1.40 bits per heavy atom. The van der Waals surface area contributed by atoms with Crippen LogP contribution in [0.3, 0.4) is 0 Å². The molecule has 1 unspecified atom stereocenters. The third-order valence-electron chi connectivity index (χ3n) is 2.47. The van der Waals surface area contributed by atoms with Crippen molar-refractivity contribution in [3.8, 4) is 0 Å². The average molecular weight is 284 g/mol. The summed E-state index contributed by atoms with van der Waals surface area (Å²) in [4.78, 5) is 33.0. The Labute approximate surface area is 114 Å². The van der Waals surface area contributed by atoms with Gasteiger partial charge < -0.3 is 20.8 Å². The Balaban J connectivity index is 2.70. The summed E-state index contributed by atoms with van der Waals surface area (Å²) in [5, 5.41) is 26.0. The Morgan fingerprint density at radius 3 is 2.55 bits per heavy atom. The topological polar surface area (TPSA) is 134 Å². The molecule has 0 bridgehead atoms. The first-order valence-electron chi connectivity index (χ1n) is 5.88. The fourth-order valence-corrected chi connectivity index (χ4v) is 1.59. The Morgan fingerprint density at radius 2 is 2.05 bits per heavy atom.